The van der Waals surface area contributed by atoms with Gasteiger partial charge in [-0.15, -0.1) is 11.8 Å². The van der Waals surface area contributed by atoms with E-state index in [4.69, 9.17) is 0 Å². The largest absolute Gasteiger partial charge is 0.316 e. The molecule has 0 spiro atoms. The predicted octanol–water partition coefficient (Wildman–Crippen LogP) is 4.82. The van der Waals surface area contributed by atoms with E-state index in [0.717, 1.165) is 22.2 Å². The van der Waals surface area contributed by atoms with Crippen molar-refractivity contribution in [2.75, 3.05) is 12.8 Å². The number of thioether (sulfide) groups is 1. The lowest BCUT2D eigenvalue weighted by atomic mass is 10.1. The van der Waals surface area contributed by atoms with Crippen molar-refractivity contribution in [3.63, 3.8) is 0 Å². The van der Waals surface area contributed by atoms with Gasteiger partial charge in [-0.05, 0) is 56.3 Å². The second-order valence-electron chi connectivity index (χ2n) is 5.05. The second kappa shape index (κ2) is 7.97. The van der Waals surface area contributed by atoms with E-state index in [1.807, 2.05) is 18.8 Å². The molecule has 0 saturated carbocycles. The van der Waals surface area contributed by atoms with Crippen molar-refractivity contribution < 1.29 is 4.39 Å². The first kappa shape index (κ1) is 16.5. The fraction of sp³-hybridized carbons (Fsp3) is 0.294. The lowest BCUT2D eigenvalue weighted by Crippen LogP contribution is -2.30. The number of likely N-dealkylation sites (N-methyl/N-ethyl adjacent to an activating group) is 1. The molecule has 0 aliphatic rings. The van der Waals surface area contributed by atoms with Crippen molar-refractivity contribution in [1.29, 1.82) is 0 Å². The maximum atomic E-state index is 13.4. The van der Waals surface area contributed by atoms with Crippen LogP contribution in [0.15, 0.2) is 51.8 Å². The van der Waals surface area contributed by atoms with E-state index in [1.165, 1.54) is 16.5 Å². The summed E-state index contributed by atoms with van der Waals surface area (Å²) >= 11 is 5.32. The molecular weight excluding hydrogens is 349 g/mol. The summed E-state index contributed by atoms with van der Waals surface area (Å²) in [4.78, 5) is 1.27. The van der Waals surface area contributed by atoms with E-state index < -0.39 is 0 Å². The molecule has 1 atom stereocenters. The maximum Gasteiger partial charge on any atom is 0.123 e. The van der Waals surface area contributed by atoms with Crippen LogP contribution in [0.4, 0.5) is 4.39 Å². The number of rotatable bonds is 6. The van der Waals surface area contributed by atoms with Crippen molar-refractivity contribution >= 4 is 27.7 Å². The summed E-state index contributed by atoms with van der Waals surface area (Å²) in [5, 5.41) is 3.32. The van der Waals surface area contributed by atoms with E-state index in [1.54, 1.807) is 12.1 Å². The number of aryl methyl sites for hydroxylation is 1. The molecule has 0 heterocycles. The van der Waals surface area contributed by atoms with Crippen LogP contribution in [-0.2, 0) is 6.42 Å². The Labute approximate surface area is 138 Å². The SMILES string of the molecule is CNC(CSc1cccc(C)c1)Cc1cc(F)ccc1Br. The van der Waals surface area contributed by atoms with Gasteiger partial charge >= 0.3 is 0 Å². The molecule has 1 N–H and O–H groups in total. The van der Waals surface area contributed by atoms with Gasteiger partial charge < -0.3 is 5.32 Å². The molecule has 1 nitrogen and oxygen atoms in total. The number of hydrogen-bond donors (Lipinski definition) is 1. The zero-order valence-electron chi connectivity index (χ0n) is 12.2. The highest BCUT2D eigenvalue weighted by Crippen LogP contribution is 2.23. The molecule has 4 heteroatoms. The standard InChI is InChI=1S/C17H19BrFNS/c1-12-4-3-5-16(8-12)21-11-15(20-2)10-13-9-14(19)6-7-17(13)18/h3-9,15,20H,10-11H2,1-2H3. The maximum absolute atomic E-state index is 13.4. The monoisotopic (exact) mass is 367 g/mol. The smallest absolute Gasteiger partial charge is 0.123 e. The van der Waals surface area contributed by atoms with Gasteiger partial charge in [-0.25, -0.2) is 4.39 Å². The third kappa shape index (κ3) is 5.13. The predicted molar refractivity (Wildman–Crippen MR) is 92.6 cm³/mol. The molecule has 112 valence electrons. The Hall–Kier alpha value is -0.840. The minimum Gasteiger partial charge on any atom is -0.316 e. The molecule has 0 radical (unpaired) electrons. The Kier molecular flexibility index (Phi) is 6.27. The van der Waals surface area contributed by atoms with Gasteiger partial charge in [0.15, 0.2) is 0 Å². The summed E-state index contributed by atoms with van der Waals surface area (Å²) in [5.74, 6) is 0.762. The molecular formula is C17H19BrFNS. The Morgan fingerprint density at radius 3 is 2.76 bits per heavy atom. The van der Waals surface area contributed by atoms with Crippen LogP contribution in [0, 0.1) is 12.7 Å². The van der Waals surface area contributed by atoms with Crippen molar-refractivity contribution in [3.05, 3.63) is 63.9 Å². The first-order valence-corrected chi connectivity index (χ1v) is 8.67. The van der Waals surface area contributed by atoms with Crippen LogP contribution >= 0.6 is 27.7 Å². The molecule has 0 aliphatic carbocycles. The van der Waals surface area contributed by atoms with E-state index in [-0.39, 0.29) is 5.82 Å². The molecule has 2 aromatic rings. The third-order valence-electron chi connectivity index (χ3n) is 3.32. The van der Waals surface area contributed by atoms with Crippen molar-refractivity contribution in [3.8, 4) is 0 Å². The van der Waals surface area contributed by atoms with Gasteiger partial charge in [-0.1, -0.05) is 33.6 Å². The lowest BCUT2D eigenvalue weighted by Gasteiger charge is -2.17. The molecule has 0 aromatic heterocycles. The van der Waals surface area contributed by atoms with E-state index in [2.05, 4.69) is 52.4 Å². The summed E-state index contributed by atoms with van der Waals surface area (Å²) in [5.41, 5.74) is 2.27. The van der Waals surface area contributed by atoms with Gasteiger partial charge in [0, 0.05) is 21.2 Å². The van der Waals surface area contributed by atoms with Crippen LogP contribution in [0.25, 0.3) is 0 Å². The van der Waals surface area contributed by atoms with Crippen LogP contribution in [-0.4, -0.2) is 18.8 Å². The molecule has 0 amide bonds. The van der Waals surface area contributed by atoms with Crippen LogP contribution in [0.1, 0.15) is 11.1 Å². The Morgan fingerprint density at radius 1 is 1.24 bits per heavy atom. The highest BCUT2D eigenvalue weighted by Gasteiger charge is 2.11. The zero-order valence-corrected chi connectivity index (χ0v) is 14.6. The lowest BCUT2D eigenvalue weighted by molar-refractivity contribution is 0.601. The number of hydrogen-bond acceptors (Lipinski definition) is 2. The molecule has 0 bridgehead atoms. The molecule has 21 heavy (non-hydrogen) atoms. The topological polar surface area (TPSA) is 12.0 Å². The van der Waals surface area contributed by atoms with E-state index >= 15 is 0 Å². The highest BCUT2D eigenvalue weighted by atomic mass is 79.9. The molecule has 0 saturated heterocycles. The minimum atomic E-state index is -0.186. The quantitative estimate of drug-likeness (QED) is 0.734. The first-order valence-electron chi connectivity index (χ1n) is 6.89. The second-order valence-corrected chi connectivity index (χ2v) is 7.00. The number of nitrogens with one attached hydrogen (secondary N) is 1. The zero-order chi connectivity index (χ0) is 15.2. The average Bonchev–Trinajstić information content (AvgIpc) is 2.47. The highest BCUT2D eigenvalue weighted by molar-refractivity contribution is 9.10. The first-order chi connectivity index (χ1) is 10.1. The van der Waals surface area contributed by atoms with Crippen molar-refractivity contribution in [2.45, 2.75) is 24.3 Å². The number of benzene rings is 2. The Bertz CT molecular complexity index is 603. The molecule has 2 aromatic carbocycles. The van der Waals surface area contributed by atoms with Gasteiger partial charge in [0.05, 0.1) is 0 Å². The van der Waals surface area contributed by atoms with Gasteiger partial charge in [-0.2, -0.15) is 0 Å². The van der Waals surface area contributed by atoms with E-state index in [0.29, 0.717) is 6.04 Å². The van der Waals surface area contributed by atoms with Gasteiger partial charge in [-0.3, -0.25) is 0 Å². The normalized spacial score (nSPS) is 12.4. The van der Waals surface area contributed by atoms with Gasteiger partial charge in [0.25, 0.3) is 0 Å². The summed E-state index contributed by atoms with van der Waals surface area (Å²) < 4.78 is 14.3. The Morgan fingerprint density at radius 2 is 2.05 bits per heavy atom. The van der Waals surface area contributed by atoms with Crippen LogP contribution in [0.3, 0.4) is 0 Å². The fourth-order valence-corrected chi connectivity index (χ4v) is 3.64. The number of halogens is 2. The van der Waals surface area contributed by atoms with Crippen molar-refractivity contribution in [2.24, 2.45) is 0 Å². The summed E-state index contributed by atoms with van der Waals surface area (Å²) in [6.07, 6.45) is 0.799. The average molecular weight is 368 g/mol. The molecule has 0 fully saturated rings. The summed E-state index contributed by atoms with van der Waals surface area (Å²) in [7, 11) is 1.95. The molecule has 2 rings (SSSR count). The van der Waals surface area contributed by atoms with Crippen molar-refractivity contribution in [1.82, 2.24) is 5.32 Å². The molecule has 0 aliphatic heterocycles. The van der Waals surface area contributed by atoms with Crippen LogP contribution in [0.5, 0.6) is 0 Å². The fourth-order valence-electron chi connectivity index (χ4n) is 2.11. The van der Waals surface area contributed by atoms with E-state index in [9.17, 15) is 4.39 Å². The minimum absolute atomic E-state index is 0.186. The summed E-state index contributed by atoms with van der Waals surface area (Å²) in [6.45, 7) is 2.10. The van der Waals surface area contributed by atoms with Gasteiger partial charge in [0.2, 0.25) is 0 Å². The Balaban J connectivity index is 1.98. The van der Waals surface area contributed by atoms with Gasteiger partial charge in [0.1, 0.15) is 5.82 Å². The van der Waals surface area contributed by atoms with Crippen LogP contribution in [0.2, 0.25) is 0 Å². The van der Waals surface area contributed by atoms with Crippen LogP contribution < -0.4 is 5.32 Å². The summed E-state index contributed by atoms with van der Waals surface area (Å²) in [6, 6.07) is 13.6. The molecule has 1 unspecified atom stereocenters. The third-order valence-corrected chi connectivity index (χ3v) is 5.25.